The van der Waals surface area contributed by atoms with E-state index < -0.39 is 17.9 Å². The number of carboxylic acids is 1. The van der Waals surface area contributed by atoms with E-state index in [1.807, 2.05) is 0 Å². The van der Waals surface area contributed by atoms with Crippen LogP contribution in [0.4, 0.5) is 0 Å². The molecule has 0 saturated carbocycles. The molecule has 3 rings (SSSR count). The SMILES string of the molecule is COc1ccc(/C=C2/SC(=S)N([C@@H](C(=O)[O-])c3ccccc3)C2=O)c(OC)c1. The molecule has 1 aliphatic heterocycles. The fraction of sp³-hybridized carbons (Fsp3) is 0.150. The van der Waals surface area contributed by atoms with Crippen LogP contribution >= 0.6 is 24.0 Å². The smallest absolute Gasteiger partial charge is 0.267 e. The predicted molar refractivity (Wildman–Crippen MR) is 109 cm³/mol. The highest BCUT2D eigenvalue weighted by atomic mass is 32.2. The number of aliphatic carboxylic acids is 1. The molecule has 2 aromatic rings. The molecule has 6 nitrogen and oxygen atoms in total. The van der Waals surface area contributed by atoms with Gasteiger partial charge in [0, 0.05) is 11.6 Å². The van der Waals surface area contributed by atoms with Crippen molar-refractivity contribution in [2.24, 2.45) is 0 Å². The van der Waals surface area contributed by atoms with Crippen LogP contribution in [0, 0.1) is 0 Å². The maximum atomic E-state index is 13.0. The Kier molecular flexibility index (Phi) is 6.01. The zero-order valence-electron chi connectivity index (χ0n) is 15.1. The van der Waals surface area contributed by atoms with E-state index in [0.717, 1.165) is 16.7 Å². The number of benzene rings is 2. The highest BCUT2D eigenvalue weighted by Crippen LogP contribution is 2.39. The number of carboxylic acid groups (broad SMARTS) is 1. The van der Waals surface area contributed by atoms with Crippen molar-refractivity contribution in [3.05, 3.63) is 64.6 Å². The van der Waals surface area contributed by atoms with Crippen molar-refractivity contribution in [1.29, 1.82) is 0 Å². The molecule has 8 heteroatoms. The molecule has 1 fully saturated rings. The van der Waals surface area contributed by atoms with E-state index in [-0.39, 0.29) is 4.32 Å². The van der Waals surface area contributed by atoms with Crippen molar-refractivity contribution in [1.82, 2.24) is 4.90 Å². The van der Waals surface area contributed by atoms with Crippen LogP contribution in [0.5, 0.6) is 11.5 Å². The number of amides is 1. The summed E-state index contributed by atoms with van der Waals surface area (Å²) in [5.74, 6) is -0.761. The summed E-state index contributed by atoms with van der Waals surface area (Å²) >= 11 is 6.33. The van der Waals surface area contributed by atoms with Gasteiger partial charge in [-0.15, -0.1) is 0 Å². The minimum atomic E-state index is -1.40. The molecule has 1 atom stereocenters. The number of carbonyl (C=O) groups is 2. The lowest BCUT2D eigenvalue weighted by Crippen LogP contribution is -2.43. The summed E-state index contributed by atoms with van der Waals surface area (Å²) < 4.78 is 10.7. The molecule has 0 N–H and O–H groups in total. The second kappa shape index (κ2) is 8.45. The van der Waals surface area contributed by atoms with Crippen molar-refractivity contribution in [3.8, 4) is 11.5 Å². The Bertz CT molecular complexity index is 958. The number of nitrogens with zero attached hydrogens (tertiary/aromatic N) is 1. The van der Waals surface area contributed by atoms with Gasteiger partial charge in [-0.05, 0) is 23.8 Å². The first-order valence-electron chi connectivity index (χ1n) is 8.21. The molecular weight excluding hydrogens is 398 g/mol. The van der Waals surface area contributed by atoms with E-state index in [1.54, 1.807) is 61.7 Å². The average Bonchev–Trinajstić information content (AvgIpc) is 2.97. The van der Waals surface area contributed by atoms with Crippen molar-refractivity contribution in [2.75, 3.05) is 14.2 Å². The quantitative estimate of drug-likeness (QED) is 0.530. The van der Waals surface area contributed by atoms with E-state index in [4.69, 9.17) is 21.7 Å². The van der Waals surface area contributed by atoms with Crippen molar-refractivity contribution in [3.63, 3.8) is 0 Å². The summed E-state index contributed by atoms with van der Waals surface area (Å²) in [6, 6.07) is 12.3. The van der Waals surface area contributed by atoms with Gasteiger partial charge in [0.15, 0.2) is 0 Å². The van der Waals surface area contributed by atoms with Gasteiger partial charge in [-0.1, -0.05) is 54.3 Å². The van der Waals surface area contributed by atoms with Gasteiger partial charge in [-0.25, -0.2) is 0 Å². The summed E-state index contributed by atoms with van der Waals surface area (Å²) in [5.41, 5.74) is 1.07. The summed E-state index contributed by atoms with van der Waals surface area (Å²) in [6.45, 7) is 0. The Morgan fingerprint density at radius 2 is 1.89 bits per heavy atom. The summed E-state index contributed by atoms with van der Waals surface area (Å²) in [5, 5.41) is 11.8. The van der Waals surface area contributed by atoms with Gasteiger partial charge in [-0.3, -0.25) is 9.69 Å². The van der Waals surface area contributed by atoms with Gasteiger partial charge >= 0.3 is 0 Å². The molecule has 28 heavy (non-hydrogen) atoms. The first-order valence-corrected chi connectivity index (χ1v) is 9.43. The van der Waals surface area contributed by atoms with E-state index in [9.17, 15) is 14.7 Å². The molecule has 1 saturated heterocycles. The summed E-state index contributed by atoms with van der Waals surface area (Å²) in [7, 11) is 3.06. The highest BCUT2D eigenvalue weighted by Gasteiger charge is 2.38. The number of rotatable bonds is 6. The molecule has 1 aliphatic rings. The normalized spacial score (nSPS) is 16.4. The van der Waals surface area contributed by atoms with Gasteiger partial charge in [-0.2, -0.15) is 0 Å². The van der Waals surface area contributed by atoms with Crippen LogP contribution in [0.3, 0.4) is 0 Å². The molecule has 0 aliphatic carbocycles. The number of ether oxygens (including phenoxy) is 2. The average molecular weight is 414 g/mol. The maximum absolute atomic E-state index is 13.0. The van der Waals surface area contributed by atoms with Crippen LogP contribution < -0.4 is 14.6 Å². The highest BCUT2D eigenvalue weighted by molar-refractivity contribution is 8.26. The van der Waals surface area contributed by atoms with E-state index in [0.29, 0.717) is 27.5 Å². The number of carbonyl (C=O) groups excluding carboxylic acids is 2. The molecule has 0 spiro atoms. The lowest BCUT2D eigenvalue weighted by Gasteiger charge is -2.27. The topological polar surface area (TPSA) is 78.9 Å². The number of hydrogen-bond acceptors (Lipinski definition) is 7. The van der Waals surface area contributed by atoms with Gasteiger partial charge in [0.05, 0.1) is 25.1 Å². The van der Waals surface area contributed by atoms with Crippen LogP contribution in [0.25, 0.3) is 6.08 Å². The zero-order chi connectivity index (χ0) is 20.3. The Morgan fingerprint density at radius 1 is 1.18 bits per heavy atom. The molecular formula is C20H16NO5S2-. The first kappa shape index (κ1) is 19.9. The first-order chi connectivity index (χ1) is 13.5. The van der Waals surface area contributed by atoms with Crippen LogP contribution in [0.15, 0.2) is 53.4 Å². The lowest BCUT2D eigenvalue weighted by molar-refractivity contribution is -0.310. The fourth-order valence-electron chi connectivity index (χ4n) is 2.81. The molecule has 1 amide bonds. The van der Waals surface area contributed by atoms with Crippen LogP contribution in [-0.2, 0) is 9.59 Å². The predicted octanol–water partition coefficient (Wildman–Crippen LogP) is 2.40. The van der Waals surface area contributed by atoms with Crippen molar-refractivity contribution in [2.45, 2.75) is 6.04 Å². The minimum absolute atomic E-state index is 0.154. The second-order valence-electron chi connectivity index (χ2n) is 5.79. The van der Waals surface area contributed by atoms with Crippen molar-refractivity contribution < 1.29 is 24.2 Å². The Hall–Kier alpha value is -2.84. The summed E-state index contributed by atoms with van der Waals surface area (Å²) in [4.78, 5) is 26.1. The minimum Gasteiger partial charge on any atom is -0.547 e. The molecule has 144 valence electrons. The molecule has 1 heterocycles. The van der Waals surface area contributed by atoms with Crippen LogP contribution in [0.2, 0.25) is 0 Å². The standard InChI is InChI=1S/C20H17NO5S2/c1-25-14-9-8-13(15(11-14)26-2)10-16-18(22)21(20(27)28-16)17(19(23)24)12-6-4-3-5-7-12/h3-11,17H,1-2H3,(H,23,24)/p-1/b16-10+/t17-/m1/s1. The molecule has 0 radical (unpaired) electrons. The lowest BCUT2D eigenvalue weighted by atomic mass is 10.1. The van der Waals surface area contributed by atoms with E-state index in [2.05, 4.69) is 0 Å². The second-order valence-corrected chi connectivity index (χ2v) is 7.47. The Balaban J connectivity index is 1.97. The van der Waals surface area contributed by atoms with Gasteiger partial charge in [0.1, 0.15) is 21.9 Å². The Labute approximate surface area is 171 Å². The number of hydrogen-bond donors (Lipinski definition) is 0. The zero-order valence-corrected chi connectivity index (χ0v) is 16.7. The number of thiocarbonyl (C=S) groups is 1. The largest absolute Gasteiger partial charge is 0.547 e. The molecule has 0 bridgehead atoms. The van der Waals surface area contributed by atoms with E-state index >= 15 is 0 Å². The number of methoxy groups -OCH3 is 2. The Morgan fingerprint density at radius 3 is 2.50 bits per heavy atom. The molecule has 2 aromatic carbocycles. The summed E-state index contributed by atoms with van der Waals surface area (Å²) in [6.07, 6.45) is 1.62. The third-order valence-corrected chi connectivity index (χ3v) is 5.48. The van der Waals surface area contributed by atoms with Gasteiger partial charge < -0.3 is 19.4 Å². The van der Waals surface area contributed by atoms with Gasteiger partial charge in [0.2, 0.25) is 0 Å². The molecule has 0 unspecified atom stereocenters. The third kappa shape index (κ3) is 3.88. The van der Waals surface area contributed by atoms with Crippen molar-refractivity contribution >= 4 is 46.3 Å². The fourth-order valence-corrected chi connectivity index (χ4v) is 4.11. The monoisotopic (exact) mass is 414 g/mol. The van der Waals surface area contributed by atoms with Crippen LogP contribution in [-0.4, -0.2) is 35.3 Å². The van der Waals surface area contributed by atoms with Crippen LogP contribution in [0.1, 0.15) is 17.2 Å². The van der Waals surface area contributed by atoms with E-state index in [1.165, 1.54) is 7.11 Å². The van der Waals surface area contributed by atoms with Gasteiger partial charge in [0.25, 0.3) is 5.91 Å². The molecule has 0 aromatic heterocycles. The maximum Gasteiger partial charge on any atom is 0.267 e. The number of thioether (sulfide) groups is 1. The third-order valence-electron chi connectivity index (χ3n) is 4.15.